The first-order chi connectivity index (χ1) is 9.22. The van der Waals surface area contributed by atoms with E-state index in [1.54, 1.807) is 0 Å². The molecule has 19 heavy (non-hydrogen) atoms. The SMILES string of the molecule is Cc1cccc(Cc2noc(C3NCCC3C)n2)c1. The molecule has 0 saturated carbocycles. The van der Waals surface area contributed by atoms with Gasteiger partial charge in [-0.25, -0.2) is 0 Å². The zero-order valence-electron chi connectivity index (χ0n) is 11.4. The molecule has 1 aliphatic heterocycles. The van der Waals surface area contributed by atoms with Crippen LogP contribution in [0, 0.1) is 12.8 Å². The summed E-state index contributed by atoms with van der Waals surface area (Å²) in [5.74, 6) is 2.06. The summed E-state index contributed by atoms with van der Waals surface area (Å²) >= 11 is 0. The van der Waals surface area contributed by atoms with Gasteiger partial charge in [0, 0.05) is 6.42 Å². The predicted octanol–water partition coefficient (Wildman–Crippen LogP) is 2.64. The van der Waals surface area contributed by atoms with Gasteiger partial charge < -0.3 is 9.84 Å². The quantitative estimate of drug-likeness (QED) is 0.918. The van der Waals surface area contributed by atoms with Gasteiger partial charge in [0.15, 0.2) is 5.82 Å². The largest absolute Gasteiger partial charge is 0.338 e. The number of rotatable bonds is 3. The molecule has 100 valence electrons. The smallest absolute Gasteiger partial charge is 0.244 e. The standard InChI is InChI=1S/C15H19N3O/c1-10-4-3-5-12(8-10)9-13-17-15(19-18-13)14-11(2)6-7-16-14/h3-5,8,11,14,16H,6-7,9H2,1-2H3. The second kappa shape index (κ2) is 5.13. The van der Waals surface area contributed by atoms with E-state index in [0.717, 1.165) is 24.7 Å². The van der Waals surface area contributed by atoms with Gasteiger partial charge in [0.05, 0.1) is 6.04 Å². The first-order valence-corrected chi connectivity index (χ1v) is 6.84. The number of nitrogens with one attached hydrogen (secondary N) is 1. The highest BCUT2D eigenvalue weighted by atomic mass is 16.5. The molecule has 0 aliphatic carbocycles. The second-order valence-corrected chi connectivity index (χ2v) is 5.41. The summed E-state index contributed by atoms with van der Waals surface area (Å²) in [5.41, 5.74) is 2.48. The van der Waals surface area contributed by atoms with E-state index >= 15 is 0 Å². The summed E-state index contributed by atoms with van der Waals surface area (Å²) in [4.78, 5) is 4.53. The Hall–Kier alpha value is -1.68. The van der Waals surface area contributed by atoms with Crippen LogP contribution >= 0.6 is 0 Å². The summed E-state index contributed by atoms with van der Waals surface area (Å²) in [6, 6.07) is 8.63. The van der Waals surface area contributed by atoms with Gasteiger partial charge in [-0.1, -0.05) is 41.9 Å². The van der Waals surface area contributed by atoms with Gasteiger partial charge in [0.2, 0.25) is 5.89 Å². The van der Waals surface area contributed by atoms with Crippen LogP contribution in [0.25, 0.3) is 0 Å². The Kier molecular flexibility index (Phi) is 3.34. The third-order valence-electron chi connectivity index (χ3n) is 3.73. The van der Waals surface area contributed by atoms with Gasteiger partial charge in [-0.2, -0.15) is 4.98 Å². The van der Waals surface area contributed by atoms with Crippen LogP contribution in [-0.2, 0) is 6.42 Å². The summed E-state index contributed by atoms with van der Waals surface area (Å²) in [7, 11) is 0. The number of aromatic nitrogens is 2. The Morgan fingerprint density at radius 1 is 1.42 bits per heavy atom. The molecule has 2 unspecified atom stereocenters. The summed E-state index contributed by atoms with van der Waals surface area (Å²) in [6.07, 6.45) is 1.90. The summed E-state index contributed by atoms with van der Waals surface area (Å²) in [5, 5.41) is 7.51. The van der Waals surface area contributed by atoms with Crippen molar-refractivity contribution in [3.63, 3.8) is 0 Å². The molecule has 1 aromatic carbocycles. The van der Waals surface area contributed by atoms with Crippen LogP contribution in [0.1, 0.15) is 42.2 Å². The van der Waals surface area contributed by atoms with Crippen molar-refractivity contribution < 1.29 is 4.52 Å². The Bertz CT molecular complexity index is 564. The molecular formula is C15H19N3O. The van der Waals surface area contributed by atoms with Crippen molar-refractivity contribution in [1.82, 2.24) is 15.5 Å². The third-order valence-corrected chi connectivity index (χ3v) is 3.73. The van der Waals surface area contributed by atoms with Gasteiger partial charge in [-0.15, -0.1) is 0 Å². The molecule has 2 aromatic rings. The maximum Gasteiger partial charge on any atom is 0.244 e. The van der Waals surface area contributed by atoms with Crippen molar-refractivity contribution in [3.05, 3.63) is 47.1 Å². The van der Waals surface area contributed by atoms with Gasteiger partial charge in [-0.3, -0.25) is 0 Å². The normalized spacial score (nSPS) is 22.8. The maximum absolute atomic E-state index is 5.40. The Labute approximate surface area is 113 Å². The first kappa shape index (κ1) is 12.4. The lowest BCUT2D eigenvalue weighted by Gasteiger charge is -2.09. The van der Waals surface area contributed by atoms with E-state index in [-0.39, 0.29) is 6.04 Å². The minimum Gasteiger partial charge on any atom is -0.338 e. The van der Waals surface area contributed by atoms with Gasteiger partial charge in [0.25, 0.3) is 0 Å². The molecule has 4 nitrogen and oxygen atoms in total. The zero-order valence-corrected chi connectivity index (χ0v) is 11.4. The highest BCUT2D eigenvalue weighted by Crippen LogP contribution is 2.27. The fourth-order valence-corrected chi connectivity index (χ4v) is 2.64. The molecule has 1 fully saturated rings. The van der Waals surface area contributed by atoms with Crippen LogP contribution in [-0.4, -0.2) is 16.7 Å². The van der Waals surface area contributed by atoms with Crippen molar-refractivity contribution in [3.8, 4) is 0 Å². The van der Waals surface area contributed by atoms with Crippen molar-refractivity contribution in [2.45, 2.75) is 32.7 Å². The molecule has 1 aromatic heterocycles. The van der Waals surface area contributed by atoms with Crippen molar-refractivity contribution in [1.29, 1.82) is 0 Å². The van der Waals surface area contributed by atoms with E-state index < -0.39 is 0 Å². The Morgan fingerprint density at radius 3 is 3.05 bits per heavy atom. The molecule has 0 radical (unpaired) electrons. The van der Waals surface area contributed by atoms with E-state index in [4.69, 9.17) is 4.52 Å². The Balaban J connectivity index is 1.74. The van der Waals surface area contributed by atoms with E-state index in [9.17, 15) is 0 Å². The van der Waals surface area contributed by atoms with Gasteiger partial charge >= 0.3 is 0 Å². The van der Waals surface area contributed by atoms with E-state index in [0.29, 0.717) is 5.92 Å². The van der Waals surface area contributed by atoms with Crippen molar-refractivity contribution >= 4 is 0 Å². The molecule has 1 saturated heterocycles. The first-order valence-electron chi connectivity index (χ1n) is 6.84. The molecule has 0 bridgehead atoms. The minimum absolute atomic E-state index is 0.221. The van der Waals surface area contributed by atoms with Crippen LogP contribution in [0.2, 0.25) is 0 Å². The zero-order chi connectivity index (χ0) is 13.2. The van der Waals surface area contributed by atoms with Crippen LogP contribution < -0.4 is 5.32 Å². The van der Waals surface area contributed by atoms with Crippen molar-refractivity contribution in [2.24, 2.45) is 5.92 Å². The minimum atomic E-state index is 0.221. The monoisotopic (exact) mass is 257 g/mol. The van der Waals surface area contributed by atoms with Crippen LogP contribution in [0.3, 0.4) is 0 Å². The fourth-order valence-electron chi connectivity index (χ4n) is 2.64. The van der Waals surface area contributed by atoms with E-state index in [2.05, 4.69) is 53.6 Å². The lowest BCUT2D eigenvalue weighted by molar-refractivity contribution is 0.317. The molecule has 0 spiro atoms. The molecule has 2 atom stereocenters. The predicted molar refractivity (Wildman–Crippen MR) is 72.8 cm³/mol. The molecule has 1 N–H and O–H groups in total. The average molecular weight is 257 g/mol. The average Bonchev–Trinajstić information content (AvgIpc) is 2.98. The van der Waals surface area contributed by atoms with E-state index in [1.807, 2.05) is 0 Å². The lowest BCUT2D eigenvalue weighted by atomic mass is 10.0. The third kappa shape index (κ3) is 2.68. The summed E-state index contributed by atoms with van der Waals surface area (Å²) < 4.78 is 5.40. The molecule has 1 aliphatic rings. The highest BCUT2D eigenvalue weighted by molar-refractivity contribution is 5.24. The molecule has 2 heterocycles. The number of hydrogen-bond donors (Lipinski definition) is 1. The maximum atomic E-state index is 5.40. The number of hydrogen-bond acceptors (Lipinski definition) is 4. The fraction of sp³-hybridized carbons (Fsp3) is 0.467. The van der Waals surface area contributed by atoms with Crippen LogP contribution in [0.15, 0.2) is 28.8 Å². The highest BCUT2D eigenvalue weighted by Gasteiger charge is 2.29. The topological polar surface area (TPSA) is 51.0 Å². The number of benzene rings is 1. The van der Waals surface area contributed by atoms with Crippen molar-refractivity contribution in [2.75, 3.05) is 6.54 Å². The Morgan fingerprint density at radius 2 is 2.32 bits per heavy atom. The van der Waals surface area contributed by atoms with Gasteiger partial charge in [-0.05, 0) is 31.4 Å². The summed E-state index contributed by atoms with van der Waals surface area (Å²) in [6.45, 7) is 5.34. The second-order valence-electron chi connectivity index (χ2n) is 5.41. The molecule has 3 rings (SSSR count). The molecule has 0 amide bonds. The van der Waals surface area contributed by atoms with Crippen LogP contribution in [0.5, 0.6) is 0 Å². The number of aryl methyl sites for hydroxylation is 1. The molecule has 4 heteroatoms. The van der Waals surface area contributed by atoms with E-state index in [1.165, 1.54) is 17.5 Å². The van der Waals surface area contributed by atoms with Gasteiger partial charge in [0.1, 0.15) is 0 Å². The number of nitrogens with zero attached hydrogens (tertiary/aromatic N) is 2. The van der Waals surface area contributed by atoms with Crippen LogP contribution in [0.4, 0.5) is 0 Å². The molecular weight excluding hydrogens is 238 g/mol. The lowest BCUT2D eigenvalue weighted by Crippen LogP contribution is -2.16.